The van der Waals surface area contributed by atoms with Crippen LogP contribution in [0.3, 0.4) is 0 Å². The van der Waals surface area contributed by atoms with Crippen molar-refractivity contribution in [3.8, 4) is 0 Å². The van der Waals surface area contributed by atoms with Gasteiger partial charge in [-0.2, -0.15) is 0 Å². The predicted molar refractivity (Wildman–Crippen MR) is 73.8 cm³/mol. The molecule has 1 atom stereocenters. The van der Waals surface area contributed by atoms with Gasteiger partial charge in [0, 0.05) is 13.5 Å². The molecule has 1 aromatic heterocycles. The fourth-order valence-electron chi connectivity index (χ4n) is 2.00. The zero-order chi connectivity index (χ0) is 14.2. The van der Waals surface area contributed by atoms with Gasteiger partial charge in [-0.3, -0.25) is 4.79 Å². The average Bonchev–Trinajstić information content (AvgIpc) is 2.77. The molecule has 1 unspecified atom stereocenters. The lowest BCUT2D eigenvalue weighted by atomic mass is 10.1. The third kappa shape index (κ3) is 2.94. The zero-order valence-corrected chi connectivity index (χ0v) is 12.4. The molecule has 0 amide bonds. The van der Waals surface area contributed by atoms with Crippen LogP contribution in [0.1, 0.15) is 47.4 Å². The highest BCUT2D eigenvalue weighted by Gasteiger charge is 2.45. The van der Waals surface area contributed by atoms with E-state index in [1.807, 2.05) is 0 Å². The summed E-state index contributed by atoms with van der Waals surface area (Å²) in [5.74, 6) is -0.113. The Morgan fingerprint density at radius 2 is 2.16 bits per heavy atom. The summed E-state index contributed by atoms with van der Waals surface area (Å²) in [4.78, 5) is 27.5. The Balaban J connectivity index is 2.09. The number of rotatable bonds is 5. The fourth-order valence-corrected chi connectivity index (χ4v) is 2.86. The summed E-state index contributed by atoms with van der Waals surface area (Å²) in [6, 6.07) is 0. The standard InChI is InChI=1S/C13H18N2O3S/c1-7(16)10-9(11(17)18-4)15-12(19-10)14-6-8-5-13(8,2)3/h8H,5-6H2,1-4H3,(H,14,15). The van der Waals surface area contributed by atoms with Crippen LogP contribution < -0.4 is 5.32 Å². The maximum absolute atomic E-state index is 11.5. The minimum absolute atomic E-state index is 0.109. The molecule has 6 heteroatoms. The van der Waals surface area contributed by atoms with Crippen LogP contribution in [0, 0.1) is 11.3 Å². The maximum atomic E-state index is 11.5. The molecule has 0 aromatic carbocycles. The average molecular weight is 282 g/mol. The number of hydrogen-bond acceptors (Lipinski definition) is 6. The molecule has 1 aliphatic rings. The van der Waals surface area contributed by atoms with Gasteiger partial charge in [0.05, 0.1) is 7.11 Å². The monoisotopic (exact) mass is 282 g/mol. The van der Waals surface area contributed by atoms with Gasteiger partial charge in [0.2, 0.25) is 0 Å². The summed E-state index contributed by atoms with van der Waals surface area (Å²) >= 11 is 1.21. The summed E-state index contributed by atoms with van der Waals surface area (Å²) in [7, 11) is 1.28. The number of methoxy groups -OCH3 is 1. The van der Waals surface area contributed by atoms with Gasteiger partial charge < -0.3 is 10.1 Å². The van der Waals surface area contributed by atoms with Crippen molar-refractivity contribution in [3.05, 3.63) is 10.6 Å². The number of esters is 1. The molecule has 1 aliphatic carbocycles. The van der Waals surface area contributed by atoms with Crippen LogP contribution in [0.5, 0.6) is 0 Å². The smallest absolute Gasteiger partial charge is 0.358 e. The first kappa shape index (κ1) is 14.0. The number of hydrogen-bond donors (Lipinski definition) is 1. The third-order valence-corrected chi connectivity index (χ3v) is 4.66. The first-order valence-electron chi connectivity index (χ1n) is 6.19. The largest absolute Gasteiger partial charge is 0.464 e. The lowest BCUT2D eigenvalue weighted by molar-refractivity contribution is 0.0591. The van der Waals surface area contributed by atoms with E-state index in [4.69, 9.17) is 0 Å². The molecule has 2 rings (SSSR count). The van der Waals surface area contributed by atoms with Crippen molar-refractivity contribution in [2.24, 2.45) is 11.3 Å². The number of ketones is 1. The highest BCUT2D eigenvalue weighted by Crippen LogP contribution is 2.51. The second-order valence-corrected chi connectivity index (χ2v) is 6.51. The van der Waals surface area contributed by atoms with Crippen molar-refractivity contribution < 1.29 is 14.3 Å². The molecule has 1 aromatic rings. The van der Waals surface area contributed by atoms with E-state index in [-0.39, 0.29) is 11.5 Å². The van der Waals surface area contributed by atoms with Crippen molar-refractivity contribution in [3.63, 3.8) is 0 Å². The number of Topliss-reactive ketones (excluding diaryl/α,β-unsaturated/α-hetero) is 1. The normalized spacial score (nSPS) is 19.9. The molecule has 5 nitrogen and oxygen atoms in total. The minimum Gasteiger partial charge on any atom is -0.464 e. The Morgan fingerprint density at radius 1 is 1.53 bits per heavy atom. The number of thiazole rings is 1. The van der Waals surface area contributed by atoms with Crippen molar-refractivity contribution in [2.75, 3.05) is 19.0 Å². The van der Waals surface area contributed by atoms with Crippen LogP contribution in [0.25, 0.3) is 0 Å². The Morgan fingerprint density at radius 3 is 2.63 bits per heavy atom. The maximum Gasteiger partial charge on any atom is 0.358 e. The number of nitrogens with zero attached hydrogens (tertiary/aromatic N) is 1. The second-order valence-electron chi connectivity index (χ2n) is 5.52. The predicted octanol–water partition coefficient (Wildman–Crippen LogP) is 2.59. The van der Waals surface area contributed by atoms with Crippen molar-refractivity contribution in [1.82, 2.24) is 4.98 Å². The van der Waals surface area contributed by atoms with E-state index in [2.05, 4.69) is 28.9 Å². The van der Waals surface area contributed by atoms with Crippen molar-refractivity contribution in [2.45, 2.75) is 27.2 Å². The fraction of sp³-hybridized carbons (Fsp3) is 0.615. The van der Waals surface area contributed by atoms with E-state index in [1.54, 1.807) is 0 Å². The van der Waals surface area contributed by atoms with E-state index in [9.17, 15) is 9.59 Å². The summed E-state index contributed by atoms with van der Waals surface area (Å²) in [5.41, 5.74) is 0.497. The quantitative estimate of drug-likeness (QED) is 0.664. The van der Waals surface area contributed by atoms with Gasteiger partial charge in [-0.05, 0) is 17.8 Å². The van der Waals surface area contributed by atoms with Crippen molar-refractivity contribution in [1.29, 1.82) is 0 Å². The van der Waals surface area contributed by atoms with Gasteiger partial charge in [-0.25, -0.2) is 9.78 Å². The van der Waals surface area contributed by atoms with E-state index in [1.165, 1.54) is 31.8 Å². The number of nitrogens with one attached hydrogen (secondary N) is 1. The zero-order valence-electron chi connectivity index (χ0n) is 11.6. The van der Waals surface area contributed by atoms with Gasteiger partial charge in [0.25, 0.3) is 0 Å². The topological polar surface area (TPSA) is 68.3 Å². The van der Waals surface area contributed by atoms with Crippen molar-refractivity contribution >= 4 is 28.2 Å². The molecular weight excluding hydrogens is 264 g/mol. The van der Waals surface area contributed by atoms with Gasteiger partial charge >= 0.3 is 5.97 Å². The Hall–Kier alpha value is -1.43. The number of aromatic nitrogens is 1. The first-order chi connectivity index (χ1) is 8.85. The molecule has 1 saturated carbocycles. The summed E-state index contributed by atoms with van der Waals surface area (Å²) in [5, 5.41) is 3.81. The minimum atomic E-state index is -0.568. The molecule has 0 saturated heterocycles. The van der Waals surface area contributed by atoms with Crippen LogP contribution in [0.2, 0.25) is 0 Å². The molecule has 0 spiro atoms. The Kier molecular flexibility index (Phi) is 3.62. The third-order valence-electron chi connectivity index (χ3n) is 3.54. The van der Waals surface area contributed by atoms with Gasteiger partial charge in [-0.1, -0.05) is 25.2 Å². The summed E-state index contributed by atoms with van der Waals surface area (Å²) < 4.78 is 4.64. The second kappa shape index (κ2) is 4.92. The van der Waals surface area contributed by atoms with Crippen LogP contribution in [0.4, 0.5) is 5.13 Å². The highest BCUT2D eigenvalue weighted by molar-refractivity contribution is 7.17. The lowest BCUT2D eigenvalue weighted by Gasteiger charge is -2.03. The summed E-state index contributed by atoms with van der Waals surface area (Å²) in [6.45, 7) is 6.69. The molecule has 1 heterocycles. The first-order valence-corrected chi connectivity index (χ1v) is 7.00. The highest BCUT2D eigenvalue weighted by atomic mass is 32.1. The van der Waals surface area contributed by atoms with Crippen LogP contribution in [-0.2, 0) is 4.74 Å². The SMILES string of the molecule is COC(=O)c1nc(NCC2CC2(C)C)sc1C(C)=O. The van der Waals surface area contributed by atoms with Gasteiger partial charge in [-0.15, -0.1) is 0 Å². The van der Waals surface area contributed by atoms with Crippen LogP contribution >= 0.6 is 11.3 Å². The summed E-state index contributed by atoms with van der Waals surface area (Å²) in [6.07, 6.45) is 1.19. The van der Waals surface area contributed by atoms with E-state index < -0.39 is 5.97 Å². The van der Waals surface area contributed by atoms with Crippen LogP contribution in [0.15, 0.2) is 0 Å². The number of anilines is 1. The molecule has 0 radical (unpaired) electrons. The number of carbonyl (C=O) groups excluding carboxylic acids is 2. The number of carbonyl (C=O) groups is 2. The van der Waals surface area contributed by atoms with Gasteiger partial charge in [0.1, 0.15) is 4.88 Å². The van der Waals surface area contributed by atoms with E-state index >= 15 is 0 Å². The Labute approximate surface area is 116 Å². The molecule has 104 valence electrons. The molecule has 1 N–H and O–H groups in total. The molecule has 0 aliphatic heterocycles. The molecular formula is C13H18N2O3S. The number of ether oxygens (including phenoxy) is 1. The van der Waals surface area contributed by atoms with E-state index in [0.29, 0.717) is 21.3 Å². The lowest BCUT2D eigenvalue weighted by Crippen LogP contribution is -2.09. The van der Waals surface area contributed by atoms with Gasteiger partial charge in [0.15, 0.2) is 16.6 Å². The Bertz CT molecular complexity index is 522. The molecule has 1 fully saturated rings. The van der Waals surface area contributed by atoms with Crippen LogP contribution in [-0.4, -0.2) is 30.4 Å². The molecule has 19 heavy (non-hydrogen) atoms. The molecule has 0 bridgehead atoms. The van der Waals surface area contributed by atoms with E-state index in [0.717, 1.165) is 6.54 Å².